The minimum absolute atomic E-state index is 0.0608. The third kappa shape index (κ3) is 5.01. The van der Waals surface area contributed by atoms with Gasteiger partial charge in [0.05, 0.1) is 0 Å². The molecule has 0 aliphatic heterocycles. The Morgan fingerprint density at radius 1 is 0.962 bits per heavy atom. The average Bonchev–Trinajstić information content (AvgIpc) is 2.51. The van der Waals surface area contributed by atoms with Crippen LogP contribution in [0.25, 0.3) is 0 Å². The average molecular weight is 356 g/mol. The fraction of sp³-hybridized carbons (Fsp3) is 0.478. The first-order chi connectivity index (χ1) is 12.0. The van der Waals surface area contributed by atoms with Gasteiger partial charge in [-0.25, -0.2) is 0 Å². The molecule has 2 aromatic rings. The van der Waals surface area contributed by atoms with Gasteiger partial charge < -0.3 is 15.6 Å². The Hall–Kier alpha value is -2.00. The third-order valence-corrected chi connectivity index (χ3v) is 5.04. The van der Waals surface area contributed by atoms with Crippen LogP contribution >= 0.6 is 0 Å². The van der Waals surface area contributed by atoms with Gasteiger partial charge in [0.1, 0.15) is 17.2 Å². The molecule has 142 valence electrons. The molecule has 0 heterocycles. The molecular weight excluding hydrogens is 322 g/mol. The van der Waals surface area contributed by atoms with Crippen LogP contribution in [-0.2, 0) is 5.41 Å². The second-order valence-corrected chi connectivity index (χ2v) is 8.80. The summed E-state index contributed by atoms with van der Waals surface area (Å²) in [6.45, 7) is 14.1. The molecule has 0 amide bonds. The number of aromatic hydroxyl groups is 1. The van der Waals surface area contributed by atoms with Crippen LogP contribution < -0.4 is 10.5 Å². The lowest BCUT2D eigenvalue weighted by molar-refractivity contribution is 0.242. The Labute approximate surface area is 158 Å². The number of phenols is 1. The van der Waals surface area contributed by atoms with E-state index in [4.69, 9.17) is 10.5 Å². The Morgan fingerprint density at radius 3 is 2.00 bits per heavy atom. The van der Waals surface area contributed by atoms with Gasteiger partial charge in [-0.05, 0) is 85.0 Å². The van der Waals surface area contributed by atoms with Crippen molar-refractivity contribution in [3.05, 3.63) is 53.1 Å². The molecule has 2 rings (SSSR count). The zero-order valence-corrected chi connectivity index (χ0v) is 17.0. The van der Waals surface area contributed by atoms with Crippen LogP contribution in [0.3, 0.4) is 0 Å². The number of nitrogens with two attached hydrogens (primary N) is 1. The highest BCUT2D eigenvalue weighted by atomic mass is 16.5. The second kappa shape index (κ2) is 7.71. The van der Waals surface area contributed by atoms with E-state index in [0.29, 0.717) is 0 Å². The van der Waals surface area contributed by atoms with Crippen LogP contribution in [0.15, 0.2) is 36.4 Å². The molecule has 0 aliphatic carbocycles. The number of benzene rings is 2. The highest BCUT2D eigenvalue weighted by Gasteiger charge is 2.30. The standard InChI is InChI=1S/C23H33NO2/c1-16-13-18(23(5,6)15-22(3,4)11-12-24)14-17(2)21(16)26-20-9-7-19(25)8-10-20/h7-10,13-14,25H,11-12,15,24H2,1-6H3. The molecule has 3 nitrogen and oxygen atoms in total. The van der Waals surface area contributed by atoms with Gasteiger partial charge in [0.2, 0.25) is 0 Å². The summed E-state index contributed by atoms with van der Waals surface area (Å²) >= 11 is 0. The van der Waals surface area contributed by atoms with Crippen molar-refractivity contribution in [3.63, 3.8) is 0 Å². The van der Waals surface area contributed by atoms with Crippen molar-refractivity contribution in [3.8, 4) is 17.2 Å². The molecule has 0 saturated carbocycles. The number of hydrogen-bond acceptors (Lipinski definition) is 3. The summed E-state index contributed by atoms with van der Waals surface area (Å²) in [4.78, 5) is 0. The van der Waals surface area contributed by atoms with Gasteiger partial charge in [-0.2, -0.15) is 0 Å². The molecule has 0 aromatic heterocycles. The number of aryl methyl sites for hydroxylation is 2. The van der Waals surface area contributed by atoms with E-state index in [1.165, 1.54) is 5.56 Å². The zero-order chi connectivity index (χ0) is 19.5. The fourth-order valence-electron chi connectivity index (χ4n) is 3.91. The molecule has 0 atom stereocenters. The Kier molecular flexibility index (Phi) is 6.02. The fourth-order valence-corrected chi connectivity index (χ4v) is 3.91. The van der Waals surface area contributed by atoms with Crippen molar-refractivity contribution in [2.24, 2.45) is 11.1 Å². The monoisotopic (exact) mass is 355 g/mol. The maximum Gasteiger partial charge on any atom is 0.133 e. The predicted molar refractivity (Wildman–Crippen MR) is 109 cm³/mol. The van der Waals surface area contributed by atoms with Gasteiger partial charge in [0, 0.05) is 0 Å². The van der Waals surface area contributed by atoms with Crippen LogP contribution in [-0.4, -0.2) is 11.7 Å². The zero-order valence-electron chi connectivity index (χ0n) is 17.0. The van der Waals surface area contributed by atoms with Crippen molar-refractivity contribution in [2.45, 2.75) is 59.8 Å². The Bertz CT molecular complexity index is 722. The predicted octanol–water partition coefficient (Wildman–Crippen LogP) is 5.84. The smallest absolute Gasteiger partial charge is 0.133 e. The summed E-state index contributed by atoms with van der Waals surface area (Å²) in [6.07, 6.45) is 2.10. The first kappa shape index (κ1) is 20.3. The summed E-state index contributed by atoms with van der Waals surface area (Å²) < 4.78 is 6.07. The van der Waals surface area contributed by atoms with Crippen molar-refractivity contribution in [2.75, 3.05) is 6.54 Å². The Morgan fingerprint density at radius 2 is 1.50 bits per heavy atom. The van der Waals surface area contributed by atoms with Crippen molar-refractivity contribution in [1.82, 2.24) is 0 Å². The van der Waals surface area contributed by atoms with Crippen molar-refractivity contribution in [1.29, 1.82) is 0 Å². The number of ether oxygens (including phenoxy) is 1. The van der Waals surface area contributed by atoms with Gasteiger partial charge in [-0.15, -0.1) is 0 Å². The molecule has 0 aliphatic rings. The summed E-state index contributed by atoms with van der Waals surface area (Å²) in [5.41, 5.74) is 9.64. The molecule has 26 heavy (non-hydrogen) atoms. The number of hydrogen-bond donors (Lipinski definition) is 2. The molecule has 0 saturated heterocycles. The first-order valence-corrected chi connectivity index (χ1v) is 9.33. The van der Waals surface area contributed by atoms with E-state index >= 15 is 0 Å². The van der Waals surface area contributed by atoms with Crippen LogP contribution in [0.2, 0.25) is 0 Å². The summed E-state index contributed by atoms with van der Waals surface area (Å²) in [6, 6.07) is 11.3. The molecule has 2 aromatic carbocycles. The van der Waals surface area contributed by atoms with Gasteiger partial charge in [0.25, 0.3) is 0 Å². The van der Waals surface area contributed by atoms with E-state index in [0.717, 1.165) is 42.0 Å². The van der Waals surface area contributed by atoms with Gasteiger partial charge >= 0.3 is 0 Å². The molecule has 0 radical (unpaired) electrons. The SMILES string of the molecule is Cc1cc(C(C)(C)CC(C)(C)CCN)cc(C)c1Oc1ccc(O)cc1. The van der Waals surface area contributed by atoms with Crippen LogP contribution in [0, 0.1) is 19.3 Å². The number of rotatable bonds is 7. The highest BCUT2D eigenvalue weighted by Crippen LogP contribution is 2.41. The van der Waals surface area contributed by atoms with E-state index in [1.807, 2.05) is 0 Å². The largest absolute Gasteiger partial charge is 0.508 e. The quantitative estimate of drug-likeness (QED) is 0.655. The molecule has 0 spiro atoms. The van der Waals surface area contributed by atoms with E-state index in [1.54, 1.807) is 24.3 Å². The third-order valence-electron chi connectivity index (χ3n) is 5.04. The lowest BCUT2D eigenvalue weighted by Crippen LogP contribution is -2.28. The second-order valence-electron chi connectivity index (χ2n) is 8.80. The highest BCUT2D eigenvalue weighted by molar-refractivity contribution is 5.48. The molecular formula is C23H33NO2. The maximum absolute atomic E-state index is 9.43. The molecule has 3 heteroatoms. The van der Waals surface area contributed by atoms with Crippen LogP contribution in [0.5, 0.6) is 17.2 Å². The van der Waals surface area contributed by atoms with Gasteiger partial charge in [-0.3, -0.25) is 0 Å². The lowest BCUT2D eigenvalue weighted by atomic mass is 9.69. The van der Waals surface area contributed by atoms with E-state index < -0.39 is 0 Å². The molecule has 0 bridgehead atoms. The Balaban J connectivity index is 2.29. The van der Waals surface area contributed by atoms with Gasteiger partial charge in [-0.1, -0.05) is 39.8 Å². The maximum atomic E-state index is 9.43. The van der Waals surface area contributed by atoms with E-state index in [2.05, 4.69) is 53.7 Å². The minimum atomic E-state index is 0.0608. The van der Waals surface area contributed by atoms with Crippen molar-refractivity contribution >= 4 is 0 Å². The first-order valence-electron chi connectivity index (χ1n) is 9.33. The van der Waals surface area contributed by atoms with Gasteiger partial charge in [0.15, 0.2) is 0 Å². The minimum Gasteiger partial charge on any atom is -0.508 e. The van der Waals surface area contributed by atoms with Crippen molar-refractivity contribution < 1.29 is 9.84 Å². The molecule has 0 fully saturated rings. The van der Waals surface area contributed by atoms with Crippen LogP contribution in [0.4, 0.5) is 0 Å². The topological polar surface area (TPSA) is 55.5 Å². The lowest BCUT2D eigenvalue weighted by Gasteiger charge is -2.36. The van der Waals surface area contributed by atoms with E-state index in [9.17, 15) is 5.11 Å². The van der Waals surface area contributed by atoms with E-state index in [-0.39, 0.29) is 16.6 Å². The summed E-state index contributed by atoms with van der Waals surface area (Å²) in [5.74, 6) is 1.85. The summed E-state index contributed by atoms with van der Waals surface area (Å²) in [5, 5.41) is 9.43. The summed E-state index contributed by atoms with van der Waals surface area (Å²) in [7, 11) is 0. The molecule has 0 unspecified atom stereocenters. The number of phenolic OH excluding ortho intramolecular Hbond substituents is 1. The van der Waals surface area contributed by atoms with Crippen LogP contribution in [0.1, 0.15) is 57.2 Å². The molecule has 3 N–H and O–H groups in total. The normalized spacial score (nSPS) is 12.3.